The second kappa shape index (κ2) is 10.0. The number of carbonyl (C=O) groups excluding carboxylic acids is 2. The van der Waals surface area contributed by atoms with E-state index in [1.165, 1.54) is 6.08 Å². The van der Waals surface area contributed by atoms with Gasteiger partial charge in [0.05, 0.1) is 6.61 Å². The largest absolute Gasteiger partial charge is 0.468 e. The molecule has 0 N–H and O–H groups in total. The van der Waals surface area contributed by atoms with Crippen molar-refractivity contribution < 1.29 is 14.3 Å². The highest BCUT2D eigenvalue weighted by Crippen LogP contribution is 2.04. The van der Waals surface area contributed by atoms with Crippen LogP contribution < -0.4 is 0 Å². The van der Waals surface area contributed by atoms with Crippen LogP contribution in [0.3, 0.4) is 0 Å². The molecular weight excluding hydrogens is 228 g/mol. The fourth-order valence-corrected chi connectivity index (χ4v) is 1.07. The summed E-state index contributed by atoms with van der Waals surface area (Å²) in [7, 11) is 0. The van der Waals surface area contributed by atoms with E-state index in [0.29, 0.717) is 18.5 Å². The van der Waals surface area contributed by atoms with Crippen LogP contribution in [0.1, 0.15) is 13.3 Å². The molecule has 0 bridgehead atoms. The van der Waals surface area contributed by atoms with E-state index in [9.17, 15) is 9.59 Å². The van der Waals surface area contributed by atoms with Crippen LogP contribution in [0.2, 0.25) is 0 Å². The van der Waals surface area contributed by atoms with Gasteiger partial charge in [-0.2, -0.15) is 0 Å². The number of carbonyl (C=O) groups is 2. The standard InChI is InChI=1S/C15H18O3/c1-4-6-7-14(5-2)8-9-15(17)13(3)10-11-18-12-16/h4-9,12H,1,3,10-11H2,2H3/b7-6-,9-8+,14-5+. The van der Waals surface area contributed by atoms with E-state index in [2.05, 4.69) is 17.9 Å². The molecule has 0 aromatic rings. The average Bonchev–Trinajstić information content (AvgIpc) is 2.38. The van der Waals surface area contributed by atoms with Crippen LogP contribution >= 0.6 is 0 Å². The molecule has 0 aliphatic carbocycles. The van der Waals surface area contributed by atoms with Crippen LogP contribution in [0.4, 0.5) is 0 Å². The van der Waals surface area contributed by atoms with Crippen molar-refractivity contribution >= 4 is 12.3 Å². The molecule has 0 aromatic heterocycles. The summed E-state index contributed by atoms with van der Waals surface area (Å²) in [6.07, 6.45) is 10.7. The van der Waals surface area contributed by atoms with Gasteiger partial charge in [0.25, 0.3) is 6.47 Å². The molecule has 96 valence electrons. The predicted octanol–water partition coefficient (Wildman–Crippen LogP) is 2.92. The van der Waals surface area contributed by atoms with Gasteiger partial charge in [0.1, 0.15) is 0 Å². The molecule has 0 saturated carbocycles. The third kappa shape index (κ3) is 7.17. The molecule has 18 heavy (non-hydrogen) atoms. The van der Waals surface area contributed by atoms with Crippen LogP contribution in [-0.4, -0.2) is 18.9 Å². The van der Waals surface area contributed by atoms with E-state index >= 15 is 0 Å². The first kappa shape index (κ1) is 15.8. The number of hydrogen-bond donors (Lipinski definition) is 0. The molecule has 0 fully saturated rings. The third-order valence-electron chi connectivity index (χ3n) is 2.12. The monoisotopic (exact) mass is 246 g/mol. The van der Waals surface area contributed by atoms with Gasteiger partial charge in [-0.15, -0.1) is 0 Å². The first-order chi connectivity index (χ1) is 8.65. The van der Waals surface area contributed by atoms with E-state index < -0.39 is 0 Å². The Hall–Kier alpha value is -2.16. The molecule has 0 aromatic carbocycles. The van der Waals surface area contributed by atoms with Gasteiger partial charge in [0.15, 0.2) is 5.78 Å². The van der Waals surface area contributed by atoms with E-state index in [0.717, 1.165) is 5.57 Å². The van der Waals surface area contributed by atoms with E-state index in [1.54, 1.807) is 18.2 Å². The van der Waals surface area contributed by atoms with Gasteiger partial charge in [-0.3, -0.25) is 9.59 Å². The number of ether oxygens (including phenoxy) is 1. The zero-order chi connectivity index (χ0) is 13.8. The Morgan fingerprint density at radius 1 is 1.28 bits per heavy atom. The van der Waals surface area contributed by atoms with Crippen molar-refractivity contribution in [3.63, 3.8) is 0 Å². The minimum absolute atomic E-state index is 0.171. The molecule has 0 atom stereocenters. The van der Waals surface area contributed by atoms with Crippen LogP contribution in [-0.2, 0) is 14.3 Å². The summed E-state index contributed by atoms with van der Waals surface area (Å²) in [4.78, 5) is 21.6. The van der Waals surface area contributed by atoms with Gasteiger partial charge >= 0.3 is 0 Å². The quantitative estimate of drug-likeness (QED) is 0.272. The second-order valence-corrected chi connectivity index (χ2v) is 3.40. The van der Waals surface area contributed by atoms with Gasteiger partial charge in [-0.1, -0.05) is 43.5 Å². The molecule has 0 heterocycles. The van der Waals surface area contributed by atoms with Crippen molar-refractivity contribution in [1.82, 2.24) is 0 Å². The fraction of sp³-hybridized carbons (Fsp3) is 0.200. The maximum atomic E-state index is 11.6. The normalized spacial score (nSPS) is 11.7. The minimum Gasteiger partial charge on any atom is -0.468 e. The lowest BCUT2D eigenvalue weighted by Gasteiger charge is -2.00. The Morgan fingerprint density at radius 3 is 2.56 bits per heavy atom. The molecule has 0 radical (unpaired) electrons. The van der Waals surface area contributed by atoms with Crippen molar-refractivity contribution in [3.05, 3.63) is 60.8 Å². The molecule has 0 amide bonds. The molecule has 0 aliphatic rings. The van der Waals surface area contributed by atoms with Gasteiger partial charge in [0, 0.05) is 6.42 Å². The third-order valence-corrected chi connectivity index (χ3v) is 2.12. The van der Waals surface area contributed by atoms with Crippen molar-refractivity contribution in [2.24, 2.45) is 0 Å². The molecule has 0 rings (SSSR count). The summed E-state index contributed by atoms with van der Waals surface area (Å²) in [5, 5.41) is 0. The zero-order valence-electron chi connectivity index (χ0n) is 10.6. The van der Waals surface area contributed by atoms with Crippen molar-refractivity contribution in [1.29, 1.82) is 0 Å². The van der Waals surface area contributed by atoms with Gasteiger partial charge in [-0.05, 0) is 24.1 Å². The Bertz CT molecular complexity index is 398. The second-order valence-electron chi connectivity index (χ2n) is 3.40. The summed E-state index contributed by atoms with van der Waals surface area (Å²) in [5.41, 5.74) is 1.32. The predicted molar refractivity (Wildman–Crippen MR) is 73.0 cm³/mol. The van der Waals surface area contributed by atoms with Crippen LogP contribution in [0.15, 0.2) is 60.8 Å². The number of ketones is 1. The Kier molecular flexibility index (Phi) is 8.82. The van der Waals surface area contributed by atoms with Crippen molar-refractivity contribution in [2.45, 2.75) is 13.3 Å². The SMILES string of the molecule is C=C\C=C/C(/C=C/C(=O)C(=C)CCOC=O)=C\C. The molecule has 3 heteroatoms. The van der Waals surface area contributed by atoms with Crippen LogP contribution in [0.5, 0.6) is 0 Å². The summed E-state index contributed by atoms with van der Waals surface area (Å²) in [5.74, 6) is -0.171. The van der Waals surface area contributed by atoms with Crippen molar-refractivity contribution in [3.8, 4) is 0 Å². The minimum atomic E-state index is -0.171. The highest BCUT2D eigenvalue weighted by Gasteiger charge is 2.02. The zero-order valence-corrected chi connectivity index (χ0v) is 10.6. The summed E-state index contributed by atoms with van der Waals surface area (Å²) in [6.45, 7) is 9.62. The Balaban J connectivity index is 4.36. The summed E-state index contributed by atoms with van der Waals surface area (Å²) in [6, 6.07) is 0. The highest BCUT2D eigenvalue weighted by atomic mass is 16.5. The maximum absolute atomic E-state index is 11.6. The Morgan fingerprint density at radius 2 is 2.00 bits per heavy atom. The van der Waals surface area contributed by atoms with Gasteiger partial charge in [0.2, 0.25) is 0 Å². The van der Waals surface area contributed by atoms with Crippen LogP contribution in [0, 0.1) is 0 Å². The fourth-order valence-electron chi connectivity index (χ4n) is 1.07. The van der Waals surface area contributed by atoms with Crippen molar-refractivity contribution in [2.75, 3.05) is 6.61 Å². The lowest BCUT2D eigenvalue weighted by atomic mass is 10.1. The number of allylic oxidation sites excluding steroid dienone is 7. The molecule has 0 spiro atoms. The molecule has 3 nitrogen and oxygen atoms in total. The molecule has 0 unspecified atom stereocenters. The van der Waals surface area contributed by atoms with Gasteiger partial charge in [-0.25, -0.2) is 0 Å². The van der Waals surface area contributed by atoms with E-state index in [-0.39, 0.29) is 12.4 Å². The molecule has 0 aliphatic heterocycles. The topological polar surface area (TPSA) is 43.4 Å². The summed E-state index contributed by atoms with van der Waals surface area (Å²) < 4.78 is 4.50. The van der Waals surface area contributed by atoms with E-state index in [4.69, 9.17) is 0 Å². The lowest BCUT2D eigenvalue weighted by molar-refractivity contribution is -0.128. The first-order valence-electron chi connectivity index (χ1n) is 5.56. The van der Waals surface area contributed by atoms with Gasteiger partial charge < -0.3 is 4.74 Å². The van der Waals surface area contributed by atoms with E-state index in [1.807, 2.05) is 19.1 Å². The summed E-state index contributed by atoms with van der Waals surface area (Å²) >= 11 is 0. The molecular formula is C15H18O3. The number of rotatable bonds is 9. The first-order valence-corrected chi connectivity index (χ1v) is 5.56. The highest BCUT2D eigenvalue weighted by molar-refractivity contribution is 6.03. The molecule has 0 saturated heterocycles. The average molecular weight is 246 g/mol. The van der Waals surface area contributed by atoms with Crippen LogP contribution in [0.25, 0.3) is 0 Å². The smallest absolute Gasteiger partial charge is 0.293 e. The Labute approximate surface area is 108 Å². The number of hydrogen-bond acceptors (Lipinski definition) is 3. The lowest BCUT2D eigenvalue weighted by Crippen LogP contribution is -2.01. The maximum Gasteiger partial charge on any atom is 0.293 e.